The summed E-state index contributed by atoms with van der Waals surface area (Å²) in [6, 6.07) is 0. The zero-order valence-electron chi connectivity index (χ0n) is 2.89. The molecule has 0 aliphatic heterocycles. The van der Waals surface area contributed by atoms with E-state index in [1.54, 1.807) is 0 Å². The molecule has 29 valence electrons. The van der Waals surface area contributed by atoms with Crippen LogP contribution in [0.25, 0.3) is 0 Å². The summed E-state index contributed by atoms with van der Waals surface area (Å²) >= 11 is 0. The Morgan fingerprint density at radius 2 is 0.800 bits per heavy atom. The molecule has 0 aromatic rings. The van der Waals surface area contributed by atoms with Crippen molar-refractivity contribution in [3.05, 3.63) is 0 Å². The third kappa shape index (κ3) is 36.4. The van der Waals surface area contributed by atoms with Crippen LogP contribution in [0.3, 0.4) is 0 Å². The fraction of sp³-hybridized carbons (Fsp3) is 0. The molecule has 5 heavy (non-hydrogen) atoms. The summed E-state index contributed by atoms with van der Waals surface area (Å²) in [6.45, 7) is 0. The van der Waals surface area contributed by atoms with Crippen LogP contribution in [0.4, 0.5) is 0 Å². The summed E-state index contributed by atoms with van der Waals surface area (Å²) in [5.74, 6) is 0. The van der Waals surface area contributed by atoms with Crippen LogP contribution in [-0.4, -0.2) is 16.4 Å². The molecule has 3 nitrogen and oxygen atoms in total. The van der Waals surface area contributed by atoms with Crippen molar-refractivity contribution >= 4 is 0 Å². The van der Waals surface area contributed by atoms with Gasteiger partial charge in [0, 0.05) is 22.4 Å². The van der Waals surface area contributed by atoms with Crippen LogP contribution < -0.4 is 18.9 Å². The second-order valence-corrected chi connectivity index (χ2v) is 0. The van der Waals surface area contributed by atoms with Crippen molar-refractivity contribution in [1.29, 1.82) is 0 Å². The largest absolute Gasteiger partial charge is 1.00 e. The van der Waals surface area contributed by atoms with E-state index in [0.717, 1.165) is 0 Å². The van der Waals surface area contributed by atoms with Gasteiger partial charge in [-0.2, -0.15) is 0 Å². The molecule has 0 aliphatic rings. The molecule has 0 aliphatic carbocycles. The standard InChI is InChI=1S/Li.Nb.3H2O/h;;3*1H2/q+1;;;;/p-1. The van der Waals surface area contributed by atoms with E-state index in [0.29, 0.717) is 0 Å². The predicted octanol–water partition coefficient (Wildman–Crippen LogP) is -4.82. The Morgan fingerprint density at radius 3 is 0.800 bits per heavy atom. The molecule has 0 spiro atoms. The summed E-state index contributed by atoms with van der Waals surface area (Å²) < 4.78 is 0. The number of hydrogen-bond donors (Lipinski definition) is 0. The topological polar surface area (TPSA) is 93.0 Å². The molecule has 0 aromatic heterocycles. The van der Waals surface area contributed by atoms with E-state index in [4.69, 9.17) is 0 Å². The minimum Gasteiger partial charge on any atom is -0.870 e. The third-order valence-corrected chi connectivity index (χ3v) is 0. The van der Waals surface area contributed by atoms with Crippen LogP contribution in [0.15, 0.2) is 0 Å². The monoisotopic (exact) mass is 153 g/mol. The Bertz CT molecular complexity index is 6.85. The van der Waals surface area contributed by atoms with E-state index in [2.05, 4.69) is 0 Å². The van der Waals surface area contributed by atoms with Crippen molar-refractivity contribution in [3.8, 4) is 0 Å². The van der Waals surface area contributed by atoms with Gasteiger partial charge in [0.1, 0.15) is 0 Å². The van der Waals surface area contributed by atoms with Gasteiger partial charge in [-0.1, -0.05) is 0 Å². The maximum absolute atomic E-state index is 0. The van der Waals surface area contributed by atoms with E-state index in [1.807, 2.05) is 0 Å². The molecule has 0 aromatic carbocycles. The van der Waals surface area contributed by atoms with Gasteiger partial charge in [0.15, 0.2) is 0 Å². The summed E-state index contributed by atoms with van der Waals surface area (Å²) in [5.41, 5.74) is 0. The second-order valence-electron chi connectivity index (χ2n) is 0. The first-order valence-corrected chi connectivity index (χ1v) is 0. The predicted molar refractivity (Wildman–Crippen MR) is 9.16 cm³/mol. The van der Waals surface area contributed by atoms with E-state index in [9.17, 15) is 0 Å². The summed E-state index contributed by atoms with van der Waals surface area (Å²) in [6.07, 6.45) is 0. The Labute approximate surface area is 57.7 Å². The summed E-state index contributed by atoms with van der Waals surface area (Å²) in [7, 11) is 0. The molecule has 0 atom stereocenters. The number of rotatable bonds is 0. The molecule has 5 N–H and O–H groups in total. The molecule has 0 amide bonds. The van der Waals surface area contributed by atoms with E-state index < -0.39 is 0 Å². The van der Waals surface area contributed by atoms with Gasteiger partial charge in [-0.15, -0.1) is 0 Å². The molecule has 0 bridgehead atoms. The van der Waals surface area contributed by atoms with Crippen LogP contribution >= 0.6 is 0 Å². The van der Waals surface area contributed by atoms with Gasteiger partial charge < -0.3 is 16.4 Å². The van der Waals surface area contributed by atoms with Gasteiger partial charge in [-0.3, -0.25) is 0 Å². The van der Waals surface area contributed by atoms with Gasteiger partial charge in [0.2, 0.25) is 0 Å². The first-order chi connectivity index (χ1) is 0. The Morgan fingerprint density at radius 1 is 0.800 bits per heavy atom. The van der Waals surface area contributed by atoms with Crippen LogP contribution in [-0.2, 0) is 22.4 Å². The minimum atomic E-state index is 0. The van der Waals surface area contributed by atoms with Crippen LogP contribution in [0.1, 0.15) is 0 Å². The molecule has 5 heteroatoms. The van der Waals surface area contributed by atoms with Crippen LogP contribution in [0.2, 0.25) is 0 Å². The van der Waals surface area contributed by atoms with Crippen molar-refractivity contribution in [2.75, 3.05) is 0 Å². The van der Waals surface area contributed by atoms with Gasteiger partial charge in [0.05, 0.1) is 0 Å². The van der Waals surface area contributed by atoms with E-state index in [-0.39, 0.29) is 57.7 Å². The van der Waals surface area contributed by atoms with Crippen molar-refractivity contribution in [3.63, 3.8) is 0 Å². The van der Waals surface area contributed by atoms with Gasteiger partial charge in [-0.05, 0) is 0 Å². The van der Waals surface area contributed by atoms with Crippen molar-refractivity contribution < 1.29 is 57.7 Å². The molecule has 0 saturated carbocycles. The zero-order valence-corrected chi connectivity index (χ0v) is 5.09. The Kier molecular flexibility index (Phi) is 1430. The average Bonchev–Trinajstić information content (AvgIpc) is 0. The van der Waals surface area contributed by atoms with Crippen molar-refractivity contribution in [1.82, 2.24) is 0 Å². The van der Waals surface area contributed by atoms with Crippen molar-refractivity contribution in [2.24, 2.45) is 0 Å². The van der Waals surface area contributed by atoms with Crippen LogP contribution in [0.5, 0.6) is 0 Å². The fourth-order valence-electron chi connectivity index (χ4n) is 0. The average molecular weight is 153 g/mol. The molecule has 0 saturated heterocycles. The Hall–Kier alpha value is 1.22. The minimum absolute atomic E-state index is 0. The maximum atomic E-state index is 0. The molecule has 1 radical (unpaired) electrons. The quantitative estimate of drug-likeness (QED) is 0.320. The number of hydrogen-bond acceptors (Lipinski definition) is 1. The normalized spacial score (nSPS) is 0. The Balaban J connectivity index is 0. The molecule has 0 heterocycles. The summed E-state index contributed by atoms with van der Waals surface area (Å²) in [5, 5.41) is 0. The fourth-order valence-corrected chi connectivity index (χ4v) is 0. The van der Waals surface area contributed by atoms with Crippen LogP contribution in [0, 0.1) is 0 Å². The van der Waals surface area contributed by atoms with Gasteiger partial charge in [-0.25, -0.2) is 0 Å². The first-order valence-electron chi connectivity index (χ1n) is 0. The smallest absolute Gasteiger partial charge is 0.870 e. The molecular weight excluding hydrogens is 148 g/mol. The van der Waals surface area contributed by atoms with Gasteiger partial charge in [0.25, 0.3) is 0 Å². The first kappa shape index (κ1) is 114. The van der Waals surface area contributed by atoms with Gasteiger partial charge >= 0.3 is 18.9 Å². The van der Waals surface area contributed by atoms with Crippen molar-refractivity contribution in [2.45, 2.75) is 0 Å². The molecule has 0 fully saturated rings. The SMILES string of the molecule is O.O.[Li+].[Nb].[OH-]. The second kappa shape index (κ2) is 62.6. The van der Waals surface area contributed by atoms with E-state index >= 15 is 0 Å². The molecule has 0 unspecified atom stereocenters. The summed E-state index contributed by atoms with van der Waals surface area (Å²) in [4.78, 5) is 0. The maximum Gasteiger partial charge on any atom is 1.00 e. The molecule has 0 rings (SSSR count). The molecular formula is H5LiNbO3. The van der Waals surface area contributed by atoms with E-state index in [1.165, 1.54) is 0 Å². The zero-order chi connectivity index (χ0) is 0. The third-order valence-electron chi connectivity index (χ3n) is 0.